The van der Waals surface area contributed by atoms with Crippen LogP contribution >= 0.6 is 0 Å². The molecular weight excluding hydrogens is 603 g/mol. The van der Waals surface area contributed by atoms with Gasteiger partial charge in [-0.05, 0) is 109 Å². The molecule has 1 nitrogen and oxygen atoms in total. The van der Waals surface area contributed by atoms with Gasteiger partial charge in [-0.15, -0.1) is 0 Å². The number of aromatic nitrogens is 1. The molecule has 0 atom stereocenters. The van der Waals surface area contributed by atoms with Crippen LogP contribution in [0.15, 0.2) is 164 Å². The molecule has 1 aromatic heterocycles. The van der Waals surface area contributed by atoms with E-state index in [-0.39, 0.29) is 5.41 Å². The first-order chi connectivity index (χ1) is 24.3. The number of rotatable bonds is 4. The fraction of sp³-hybridized carbons (Fsp3) is 0.102. The molecule has 1 heterocycles. The van der Waals surface area contributed by atoms with Crippen LogP contribution in [0.3, 0.4) is 0 Å². The topological polar surface area (TPSA) is 4.93 Å². The van der Waals surface area contributed by atoms with Crippen LogP contribution in [0.5, 0.6) is 0 Å². The Morgan fingerprint density at radius 2 is 0.820 bits per heavy atom. The molecule has 0 fully saturated rings. The Bertz CT molecular complexity index is 2640. The Morgan fingerprint density at radius 3 is 1.38 bits per heavy atom. The highest BCUT2D eigenvalue weighted by molar-refractivity contribution is 6.15. The van der Waals surface area contributed by atoms with Gasteiger partial charge in [0.2, 0.25) is 0 Å². The monoisotopic (exact) mass is 641 g/mol. The molecule has 9 rings (SSSR count). The molecule has 0 aliphatic rings. The molecule has 0 spiro atoms. The van der Waals surface area contributed by atoms with Crippen LogP contribution < -0.4 is 0 Å². The molecule has 8 aromatic carbocycles. The van der Waals surface area contributed by atoms with Crippen molar-refractivity contribution in [3.63, 3.8) is 0 Å². The summed E-state index contributed by atoms with van der Waals surface area (Å²) in [4.78, 5) is 0. The molecule has 0 saturated carbocycles. The lowest BCUT2D eigenvalue weighted by Gasteiger charge is -2.19. The first-order valence-corrected chi connectivity index (χ1v) is 17.6. The summed E-state index contributed by atoms with van der Waals surface area (Å²) in [6, 6.07) is 60.5. The second-order valence-corrected chi connectivity index (χ2v) is 14.6. The number of nitrogens with zero attached hydrogens (tertiary/aromatic N) is 1. The van der Waals surface area contributed by atoms with Crippen molar-refractivity contribution in [3.05, 3.63) is 175 Å². The summed E-state index contributed by atoms with van der Waals surface area (Å²) in [5.41, 5.74) is 13.9. The van der Waals surface area contributed by atoms with Crippen LogP contribution in [0, 0.1) is 6.92 Å². The standard InChI is InChI=1S/C49H39N/c1-32-40-11-5-7-14-43(40)48(44-15-8-6-12-41(32)44)36-23-21-34(22-24-36)33-17-19-35(20-18-33)37-25-30-47-45(31-37)42-13-9-10-16-46(42)50(47)39-28-26-38(27-29-39)49(2,3)4/h5-31H,1-4H3. The lowest BCUT2D eigenvalue weighted by molar-refractivity contribution is 0.590. The van der Waals surface area contributed by atoms with Gasteiger partial charge in [-0.3, -0.25) is 0 Å². The van der Waals surface area contributed by atoms with E-state index < -0.39 is 0 Å². The predicted molar refractivity (Wildman–Crippen MR) is 216 cm³/mol. The van der Waals surface area contributed by atoms with Crippen molar-refractivity contribution in [1.82, 2.24) is 4.57 Å². The molecule has 0 radical (unpaired) electrons. The van der Waals surface area contributed by atoms with Crippen LogP contribution in [0.2, 0.25) is 0 Å². The van der Waals surface area contributed by atoms with Gasteiger partial charge in [-0.25, -0.2) is 0 Å². The molecule has 0 aliphatic carbocycles. The van der Waals surface area contributed by atoms with Gasteiger partial charge in [0.25, 0.3) is 0 Å². The molecule has 0 amide bonds. The molecule has 9 aromatic rings. The lowest BCUT2D eigenvalue weighted by Crippen LogP contribution is -2.10. The van der Waals surface area contributed by atoms with E-state index in [0.29, 0.717) is 0 Å². The average molecular weight is 642 g/mol. The molecule has 0 bridgehead atoms. The van der Waals surface area contributed by atoms with E-state index in [1.165, 1.54) is 93.5 Å². The molecule has 0 saturated heterocycles. The van der Waals surface area contributed by atoms with E-state index in [9.17, 15) is 0 Å². The van der Waals surface area contributed by atoms with E-state index in [0.717, 1.165) is 0 Å². The quantitative estimate of drug-likeness (QED) is 0.169. The fourth-order valence-electron chi connectivity index (χ4n) is 7.88. The number of benzene rings is 8. The summed E-state index contributed by atoms with van der Waals surface area (Å²) < 4.78 is 2.40. The zero-order valence-corrected chi connectivity index (χ0v) is 29.0. The third kappa shape index (κ3) is 4.92. The number of hydrogen-bond acceptors (Lipinski definition) is 0. The highest BCUT2D eigenvalue weighted by Crippen LogP contribution is 2.40. The van der Waals surface area contributed by atoms with Gasteiger partial charge in [0.05, 0.1) is 11.0 Å². The smallest absolute Gasteiger partial charge is 0.0541 e. The zero-order valence-electron chi connectivity index (χ0n) is 29.0. The van der Waals surface area contributed by atoms with Crippen LogP contribution in [-0.4, -0.2) is 4.57 Å². The number of para-hydroxylation sites is 1. The van der Waals surface area contributed by atoms with Gasteiger partial charge >= 0.3 is 0 Å². The summed E-state index contributed by atoms with van der Waals surface area (Å²) in [6.07, 6.45) is 0. The normalized spacial score (nSPS) is 12.0. The van der Waals surface area contributed by atoms with Crippen LogP contribution in [0.25, 0.3) is 82.4 Å². The van der Waals surface area contributed by atoms with Crippen LogP contribution in [-0.2, 0) is 5.41 Å². The SMILES string of the molecule is Cc1c2ccccc2c(-c2ccc(-c3ccc(-c4ccc5c(c4)c4ccccc4n5-c4ccc(C(C)(C)C)cc4)cc3)cc2)c2ccccc12. The summed E-state index contributed by atoms with van der Waals surface area (Å²) in [5, 5.41) is 7.79. The van der Waals surface area contributed by atoms with Gasteiger partial charge < -0.3 is 4.57 Å². The van der Waals surface area contributed by atoms with Gasteiger partial charge in [0.1, 0.15) is 0 Å². The highest BCUT2D eigenvalue weighted by Gasteiger charge is 2.17. The third-order valence-corrected chi connectivity index (χ3v) is 10.6. The molecule has 0 unspecified atom stereocenters. The Labute approximate surface area is 294 Å². The average Bonchev–Trinajstić information content (AvgIpc) is 3.49. The fourth-order valence-corrected chi connectivity index (χ4v) is 7.88. The van der Waals surface area contributed by atoms with Crippen molar-refractivity contribution < 1.29 is 0 Å². The summed E-state index contributed by atoms with van der Waals surface area (Å²) in [6.45, 7) is 9.04. The molecule has 240 valence electrons. The van der Waals surface area contributed by atoms with E-state index in [1.807, 2.05) is 0 Å². The molecule has 1 heteroatoms. The molecule has 0 aliphatic heterocycles. The largest absolute Gasteiger partial charge is 0.309 e. The maximum atomic E-state index is 2.40. The Balaban J connectivity index is 1.06. The first-order valence-electron chi connectivity index (χ1n) is 17.6. The van der Waals surface area contributed by atoms with Crippen molar-refractivity contribution >= 4 is 43.4 Å². The Hall–Kier alpha value is -5.92. The molecule has 50 heavy (non-hydrogen) atoms. The summed E-state index contributed by atoms with van der Waals surface area (Å²) >= 11 is 0. The summed E-state index contributed by atoms with van der Waals surface area (Å²) in [7, 11) is 0. The minimum atomic E-state index is 0.124. The van der Waals surface area contributed by atoms with Crippen molar-refractivity contribution in [1.29, 1.82) is 0 Å². The maximum Gasteiger partial charge on any atom is 0.0541 e. The van der Waals surface area contributed by atoms with Crippen LogP contribution in [0.4, 0.5) is 0 Å². The van der Waals surface area contributed by atoms with Gasteiger partial charge in [0.15, 0.2) is 0 Å². The minimum absolute atomic E-state index is 0.124. The van der Waals surface area contributed by atoms with E-state index in [2.05, 4.69) is 196 Å². The Kier molecular flexibility index (Phi) is 7.00. The second kappa shape index (κ2) is 11.6. The Morgan fingerprint density at radius 1 is 0.380 bits per heavy atom. The lowest BCUT2D eigenvalue weighted by atomic mass is 9.87. The van der Waals surface area contributed by atoms with Crippen molar-refractivity contribution in [3.8, 4) is 39.1 Å². The molecular formula is C49H39N. The van der Waals surface area contributed by atoms with Gasteiger partial charge in [0, 0.05) is 16.5 Å². The number of hydrogen-bond donors (Lipinski definition) is 0. The van der Waals surface area contributed by atoms with Crippen molar-refractivity contribution in [2.24, 2.45) is 0 Å². The summed E-state index contributed by atoms with van der Waals surface area (Å²) in [5.74, 6) is 0. The van der Waals surface area contributed by atoms with Gasteiger partial charge in [-0.1, -0.05) is 154 Å². The second-order valence-electron chi connectivity index (χ2n) is 14.6. The molecule has 0 N–H and O–H groups in total. The maximum absolute atomic E-state index is 2.40. The van der Waals surface area contributed by atoms with Crippen molar-refractivity contribution in [2.45, 2.75) is 33.1 Å². The van der Waals surface area contributed by atoms with E-state index >= 15 is 0 Å². The van der Waals surface area contributed by atoms with Crippen molar-refractivity contribution in [2.75, 3.05) is 0 Å². The van der Waals surface area contributed by atoms with Gasteiger partial charge in [-0.2, -0.15) is 0 Å². The minimum Gasteiger partial charge on any atom is -0.309 e. The predicted octanol–water partition coefficient (Wildman–Crippen LogP) is 13.7. The highest BCUT2D eigenvalue weighted by atomic mass is 15.0. The van der Waals surface area contributed by atoms with Crippen LogP contribution in [0.1, 0.15) is 31.9 Å². The number of fused-ring (bicyclic) bond motifs is 5. The first kappa shape index (κ1) is 30.2. The van der Waals surface area contributed by atoms with E-state index in [1.54, 1.807) is 0 Å². The third-order valence-electron chi connectivity index (χ3n) is 10.6. The number of aryl methyl sites for hydroxylation is 1. The van der Waals surface area contributed by atoms with E-state index in [4.69, 9.17) is 0 Å². The zero-order chi connectivity index (χ0) is 34.0.